The molecule has 5 aliphatic heterocycles. The second kappa shape index (κ2) is 25.7. The maximum absolute atomic E-state index is 12.9. The summed E-state index contributed by atoms with van der Waals surface area (Å²) in [4.78, 5) is 34.8. The molecule has 7 aromatic carbocycles. The number of hydrogen-bond donors (Lipinski definition) is 2. The van der Waals surface area contributed by atoms with Crippen molar-refractivity contribution in [2.45, 2.75) is 122 Å². The number of hydrogen-bond acceptors (Lipinski definition) is 10. The van der Waals surface area contributed by atoms with Crippen LogP contribution in [0.25, 0.3) is 11.1 Å². The van der Waals surface area contributed by atoms with Crippen molar-refractivity contribution in [2.24, 2.45) is 0 Å². The molecule has 2 N–H and O–H groups in total. The standard InChI is InChI=1S/C30H32N2O2.C29H28N2O2.C25H19F3O5S.CH4/c1-20(34-33)23-8-4-5-9-24(23)29-25-12-10-21(31-14-6-15-31)18-27(25)30(2,3)28-19-22(11-13-26(28)29)32-16-7-17-32;1-29(2)25-17-19(30-13-5-14-30)9-11-23(25)27(21-7-3-4-8-22(21)28(32)33)24-12-10-20(18-26(24)29)31-15-6-16-31;1-14-8-10-18-20(12-14)23(2,3)21-13-15(33-34(30,31)25(26,27)28)9-11-19(21)24(18)17-7-5-4-6-16(17)22(29)32-24;/h4-5,8-13,18-20H,6-7,14-17H2,1-3H3;3-4,7-12,17-18H,5-6,13-16H2,1-2H3;4-13H,1-3H3;1H4/p+2. The van der Waals surface area contributed by atoms with Crippen molar-refractivity contribution in [2.75, 3.05) is 62.2 Å². The van der Waals surface area contributed by atoms with Gasteiger partial charge in [0, 0.05) is 94.8 Å². The fourth-order valence-electron chi connectivity index (χ4n) is 16.3. The van der Waals surface area contributed by atoms with Gasteiger partial charge in [-0.1, -0.05) is 152 Å². The number of carbonyl (C=O) groups is 2. The van der Waals surface area contributed by atoms with Crippen molar-refractivity contribution < 1.29 is 64.5 Å². The zero-order chi connectivity index (χ0) is 70.9. The summed E-state index contributed by atoms with van der Waals surface area (Å²) in [5.74, 6) is -1.89. The molecule has 0 aromatic heterocycles. The predicted octanol–water partition coefficient (Wildman–Crippen LogP) is 16.9. The van der Waals surface area contributed by atoms with E-state index < -0.39 is 50.4 Å². The molecule has 13 nitrogen and oxygen atoms in total. The minimum absolute atomic E-state index is 0. The van der Waals surface area contributed by atoms with Crippen LogP contribution in [-0.2, 0) is 41.6 Å². The zero-order valence-electron chi connectivity index (χ0n) is 58.0. The number of benzene rings is 7. The quantitative estimate of drug-likeness (QED) is 0.0355. The van der Waals surface area contributed by atoms with E-state index in [1.165, 1.54) is 99.6 Å². The Kier molecular flexibility index (Phi) is 17.5. The summed E-state index contributed by atoms with van der Waals surface area (Å²) in [7, 11) is -5.85. The van der Waals surface area contributed by atoms with Gasteiger partial charge in [0.25, 0.3) is 0 Å². The van der Waals surface area contributed by atoms with Gasteiger partial charge in [-0.15, -0.1) is 0 Å². The fourth-order valence-corrected chi connectivity index (χ4v) is 16.8. The summed E-state index contributed by atoms with van der Waals surface area (Å²) in [6.07, 6.45) is 18.4. The molecule has 1 spiro atoms. The molecule has 2 atom stereocenters. The summed E-state index contributed by atoms with van der Waals surface area (Å²) in [6.45, 7) is 25.9. The van der Waals surface area contributed by atoms with Gasteiger partial charge in [0.1, 0.15) is 38.0 Å². The van der Waals surface area contributed by atoms with E-state index in [2.05, 4.69) is 142 Å². The number of carbonyl (C=O) groups excluding carboxylic acids is 1. The van der Waals surface area contributed by atoms with Crippen LogP contribution in [0, 0.1) is 6.92 Å². The number of allylic oxidation sites excluding steroid dienone is 10. The highest BCUT2D eigenvalue weighted by Crippen LogP contribution is 2.58. The van der Waals surface area contributed by atoms with Crippen LogP contribution < -0.4 is 14.0 Å². The number of fused-ring (bicyclic) bond motifs is 10. The van der Waals surface area contributed by atoms with Crippen LogP contribution in [-0.4, -0.2) is 109 Å². The third kappa shape index (κ3) is 11.3. The highest BCUT2D eigenvalue weighted by Gasteiger charge is 2.56. The number of carboxylic acids is 1. The Labute approximate surface area is 595 Å². The second-order valence-electron chi connectivity index (χ2n) is 29.4. The van der Waals surface area contributed by atoms with Crippen molar-refractivity contribution in [3.05, 3.63) is 288 Å². The Morgan fingerprint density at radius 3 is 1.55 bits per heavy atom. The van der Waals surface area contributed by atoms with Crippen LogP contribution in [0.3, 0.4) is 0 Å². The third-order valence-corrected chi connectivity index (χ3v) is 23.4. The van der Waals surface area contributed by atoms with E-state index in [0.717, 1.165) is 109 Å². The molecule has 524 valence electrons. The van der Waals surface area contributed by atoms with Gasteiger partial charge >= 0.3 is 27.6 Å². The lowest BCUT2D eigenvalue weighted by Crippen LogP contribution is -2.41. The summed E-state index contributed by atoms with van der Waals surface area (Å²) in [6, 6.07) is 46.1. The molecule has 10 aliphatic rings. The Bertz CT molecular complexity index is 5080. The first-order valence-electron chi connectivity index (χ1n) is 34.9. The lowest BCUT2D eigenvalue weighted by molar-refractivity contribution is -0.582. The van der Waals surface area contributed by atoms with Crippen LogP contribution >= 0.6 is 0 Å². The topological polar surface area (TPSA) is 149 Å². The molecular weight excluding hydrogens is 1310 g/mol. The normalized spacial score (nSPS) is 20.6. The van der Waals surface area contributed by atoms with Crippen molar-refractivity contribution in [1.29, 1.82) is 0 Å². The first-order valence-corrected chi connectivity index (χ1v) is 36.3. The molecule has 2 unspecified atom stereocenters. The van der Waals surface area contributed by atoms with Crippen LogP contribution in [0.15, 0.2) is 204 Å². The number of aryl methyl sites for hydroxylation is 1. The van der Waals surface area contributed by atoms with Gasteiger partial charge in [-0.2, -0.15) is 21.6 Å². The lowest BCUT2D eigenvalue weighted by Gasteiger charge is -2.44. The van der Waals surface area contributed by atoms with Crippen LogP contribution in [0.1, 0.15) is 181 Å². The van der Waals surface area contributed by atoms with Crippen molar-refractivity contribution in [1.82, 2.24) is 0 Å². The fraction of sp³-hybridized carbons (Fsp3) is 0.318. The first-order chi connectivity index (χ1) is 48.2. The molecule has 17 heteroatoms. The summed E-state index contributed by atoms with van der Waals surface area (Å²) < 4.78 is 77.4. The van der Waals surface area contributed by atoms with Crippen LogP contribution in [0.4, 0.5) is 24.5 Å². The number of nitrogens with zero attached hydrogens (tertiary/aromatic N) is 4. The van der Waals surface area contributed by atoms with Gasteiger partial charge in [-0.25, -0.2) is 23.6 Å². The summed E-state index contributed by atoms with van der Waals surface area (Å²) in [5.41, 5.74) is 17.3. The Hall–Kier alpha value is -9.68. The molecular formula is C85H85F3N4O9S+2. The van der Waals surface area contributed by atoms with Crippen molar-refractivity contribution in [3.8, 4) is 5.75 Å². The van der Waals surface area contributed by atoms with Crippen molar-refractivity contribution >= 4 is 56.0 Å². The van der Waals surface area contributed by atoms with E-state index in [1.54, 1.807) is 30.3 Å². The van der Waals surface area contributed by atoms with Crippen LogP contribution in [0.2, 0.25) is 0 Å². The maximum atomic E-state index is 12.9. The number of carboxylic acid groups (broad SMARTS) is 1. The minimum Gasteiger partial charge on any atom is -0.478 e. The Morgan fingerprint density at radius 1 is 0.559 bits per heavy atom. The first kappa shape index (κ1) is 69.4. The van der Waals surface area contributed by atoms with Gasteiger partial charge in [0.05, 0.1) is 24.0 Å². The SMILES string of the molecule is C.CC(OO)c1ccccc1C1=C2C=CC(=[N+]3CCC3)C=C2C(C)(C)c2cc(N3CCC3)ccc21.CC1(C)C2=CC(=[N+]3CCC3)C=CC2=C(c2ccccc2C(=O)O)c2ccc(N3CCC3)cc21.Cc1ccc2c(c1)C(C)(C)c1cc(OS(=O)(=O)C(F)(F)F)ccc1C21OC(=O)c2ccccc21. The zero-order valence-corrected chi connectivity index (χ0v) is 58.8. The lowest BCUT2D eigenvalue weighted by atomic mass is 9.61. The summed E-state index contributed by atoms with van der Waals surface area (Å²) >= 11 is 0. The van der Waals surface area contributed by atoms with Gasteiger partial charge in [0.15, 0.2) is 17.0 Å². The molecule has 7 aromatic rings. The van der Waals surface area contributed by atoms with E-state index in [-0.39, 0.29) is 18.3 Å². The number of rotatable bonds is 9. The van der Waals surface area contributed by atoms with Crippen LogP contribution in [0.5, 0.6) is 5.75 Å². The molecule has 0 bridgehead atoms. The highest BCUT2D eigenvalue weighted by atomic mass is 32.2. The maximum Gasteiger partial charge on any atom is 0.534 e. The van der Waals surface area contributed by atoms with Gasteiger partial charge < -0.3 is 23.8 Å². The Balaban J connectivity index is 0.000000129. The van der Waals surface area contributed by atoms with E-state index in [1.807, 2.05) is 70.2 Å². The molecule has 4 saturated heterocycles. The number of aromatic carboxylic acids is 1. The molecule has 0 amide bonds. The van der Waals surface area contributed by atoms with E-state index in [4.69, 9.17) is 9.62 Å². The van der Waals surface area contributed by atoms with E-state index in [9.17, 15) is 41.5 Å². The molecule has 0 radical (unpaired) electrons. The van der Waals surface area contributed by atoms with Crippen molar-refractivity contribution in [3.63, 3.8) is 0 Å². The molecule has 102 heavy (non-hydrogen) atoms. The third-order valence-electron chi connectivity index (χ3n) is 22.5. The molecule has 5 aliphatic carbocycles. The second-order valence-corrected chi connectivity index (χ2v) is 31.0. The molecule has 0 saturated carbocycles. The summed E-state index contributed by atoms with van der Waals surface area (Å²) in [5, 5.41) is 19.5. The largest absolute Gasteiger partial charge is 0.534 e. The number of ether oxygens (including phenoxy) is 1. The monoisotopic (exact) mass is 1390 g/mol. The molecule has 17 rings (SSSR count). The van der Waals surface area contributed by atoms with E-state index >= 15 is 0 Å². The predicted molar refractivity (Wildman–Crippen MR) is 394 cm³/mol. The number of halogens is 3. The number of esters is 1. The number of anilines is 2. The number of alkyl halides is 3. The van der Waals surface area contributed by atoms with E-state index in [0.29, 0.717) is 27.8 Å². The minimum atomic E-state index is -5.85. The average molecular weight is 1400 g/mol. The molecule has 5 heterocycles. The van der Waals surface area contributed by atoms with Gasteiger partial charge in [0.2, 0.25) is 0 Å². The average Bonchev–Trinajstić information content (AvgIpc) is 1.37. The van der Waals surface area contributed by atoms with Gasteiger partial charge in [-0.05, 0) is 171 Å². The highest BCUT2D eigenvalue weighted by molar-refractivity contribution is 7.88. The van der Waals surface area contributed by atoms with Gasteiger partial charge in [-0.3, -0.25) is 5.26 Å². The Morgan fingerprint density at radius 2 is 1.05 bits per heavy atom. The molecule has 4 fully saturated rings. The smallest absolute Gasteiger partial charge is 0.478 e.